The van der Waals surface area contributed by atoms with E-state index in [9.17, 15) is 18.0 Å². The molecule has 0 fully saturated rings. The minimum atomic E-state index is -4.38. The fourth-order valence-electron chi connectivity index (χ4n) is 1.53. The molecule has 1 aromatic heterocycles. The quantitative estimate of drug-likeness (QED) is 0.787. The van der Waals surface area contributed by atoms with Crippen molar-refractivity contribution in [1.29, 1.82) is 0 Å². The first-order valence-corrected chi connectivity index (χ1v) is 7.47. The van der Waals surface area contributed by atoms with Gasteiger partial charge >= 0.3 is 12.2 Å². The third-order valence-corrected chi connectivity index (χ3v) is 4.50. The number of halogens is 4. The number of thiophene rings is 1. The fraction of sp³-hybridized carbons (Fsp3) is 0.154. The average molecular weight is 379 g/mol. The number of hydrogen-bond donors (Lipinski definition) is 2. The zero-order chi connectivity index (χ0) is 15.5. The summed E-state index contributed by atoms with van der Waals surface area (Å²) in [5.41, 5.74) is -0.457. The van der Waals surface area contributed by atoms with Crippen LogP contribution in [0.5, 0.6) is 0 Å². The van der Waals surface area contributed by atoms with Gasteiger partial charge in [0.2, 0.25) is 0 Å². The van der Waals surface area contributed by atoms with Gasteiger partial charge in [-0.15, -0.1) is 11.3 Å². The van der Waals surface area contributed by atoms with Crippen molar-refractivity contribution in [2.45, 2.75) is 12.7 Å². The topological polar surface area (TPSA) is 41.1 Å². The molecule has 0 saturated heterocycles. The first-order valence-electron chi connectivity index (χ1n) is 5.80. The first kappa shape index (κ1) is 15.8. The maximum atomic E-state index is 12.4. The van der Waals surface area contributed by atoms with Gasteiger partial charge in [-0.2, -0.15) is 13.2 Å². The highest BCUT2D eigenvalue weighted by Crippen LogP contribution is 2.29. The Morgan fingerprint density at radius 3 is 2.38 bits per heavy atom. The summed E-state index contributed by atoms with van der Waals surface area (Å²) in [6.07, 6.45) is -4.38. The van der Waals surface area contributed by atoms with Crippen molar-refractivity contribution in [3.05, 3.63) is 50.6 Å². The third kappa shape index (κ3) is 4.47. The second-order valence-electron chi connectivity index (χ2n) is 4.07. The van der Waals surface area contributed by atoms with Crippen LogP contribution in [0.15, 0.2) is 40.2 Å². The van der Waals surface area contributed by atoms with E-state index in [0.717, 1.165) is 21.5 Å². The smallest absolute Gasteiger partial charge is 0.333 e. The maximum absolute atomic E-state index is 12.4. The lowest BCUT2D eigenvalue weighted by atomic mass is 10.2. The Labute approximate surface area is 131 Å². The van der Waals surface area contributed by atoms with Crippen molar-refractivity contribution in [1.82, 2.24) is 5.32 Å². The molecule has 0 spiro atoms. The van der Waals surface area contributed by atoms with Crippen molar-refractivity contribution in [3.8, 4) is 0 Å². The van der Waals surface area contributed by atoms with Gasteiger partial charge in [0, 0.05) is 15.0 Å². The second kappa shape index (κ2) is 6.48. The SMILES string of the molecule is O=C(NCc1sccc1Br)Nc1ccc(C(F)(F)F)cc1. The van der Waals surface area contributed by atoms with E-state index in [4.69, 9.17) is 0 Å². The Balaban J connectivity index is 1.89. The summed E-state index contributed by atoms with van der Waals surface area (Å²) >= 11 is 4.83. The molecule has 0 unspecified atom stereocenters. The van der Waals surface area contributed by atoms with Crippen LogP contribution >= 0.6 is 27.3 Å². The van der Waals surface area contributed by atoms with E-state index in [-0.39, 0.29) is 0 Å². The van der Waals surface area contributed by atoms with Crippen LogP contribution in [-0.2, 0) is 12.7 Å². The fourth-order valence-corrected chi connectivity index (χ4v) is 2.96. The highest BCUT2D eigenvalue weighted by Gasteiger charge is 2.29. The van der Waals surface area contributed by atoms with Crippen LogP contribution < -0.4 is 10.6 Å². The number of hydrogen-bond acceptors (Lipinski definition) is 2. The zero-order valence-electron chi connectivity index (χ0n) is 10.5. The van der Waals surface area contributed by atoms with Crippen LogP contribution in [0.3, 0.4) is 0 Å². The molecule has 2 amide bonds. The number of carbonyl (C=O) groups is 1. The van der Waals surface area contributed by atoms with E-state index in [2.05, 4.69) is 26.6 Å². The van der Waals surface area contributed by atoms with Crippen molar-refractivity contribution >= 4 is 39.0 Å². The molecule has 1 heterocycles. The number of nitrogens with one attached hydrogen (secondary N) is 2. The number of benzene rings is 1. The third-order valence-electron chi connectivity index (χ3n) is 2.57. The lowest BCUT2D eigenvalue weighted by Crippen LogP contribution is -2.27. The molecule has 0 bridgehead atoms. The lowest BCUT2D eigenvalue weighted by molar-refractivity contribution is -0.137. The van der Waals surface area contributed by atoms with Crippen LogP contribution in [0.25, 0.3) is 0 Å². The summed E-state index contributed by atoms with van der Waals surface area (Å²) in [6, 6.07) is 5.66. The van der Waals surface area contributed by atoms with Gasteiger partial charge in [0.05, 0.1) is 12.1 Å². The highest BCUT2D eigenvalue weighted by molar-refractivity contribution is 9.10. The predicted molar refractivity (Wildman–Crippen MR) is 79.3 cm³/mol. The predicted octanol–water partition coefficient (Wildman–Crippen LogP) is 4.85. The molecule has 3 nitrogen and oxygen atoms in total. The standard InChI is InChI=1S/C13H10BrF3N2OS/c14-10-5-6-21-11(10)7-18-12(20)19-9-3-1-8(2-4-9)13(15,16)17/h1-6H,7H2,(H2,18,19,20). The molecule has 1 aromatic carbocycles. The summed E-state index contributed by atoms with van der Waals surface area (Å²) in [7, 11) is 0. The van der Waals surface area contributed by atoms with Crippen molar-refractivity contribution in [2.24, 2.45) is 0 Å². The summed E-state index contributed by atoms with van der Waals surface area (Å²) in [6.45, 7) is 0.338. The maximum Gasteiger partial charge on any atom is 0.416 e. The largest absolute Gasteiger partial charge is 0.416 e. The van der Waals surface area contributed by atoms with Crippen LogP contribution in [0.4, 0.5) is 23.7 Å². The van der Waals surface area contributed by atoms with Crippen molar-refractivity contribution < 1.29 is 18.0 Å². The number of alkyl halides is 3. The molecule has 21 heavy (non-hydrogen) atoms. The Kier molecular flexibility index (Phi) is 4.89. The molecular weight excluding hydrogens is 369 g/mol. The van der Waals surface area contributed by atoms with Crippen molar-refractivity contribution in [3.63, 3.8) is 0 Å². The second-order valence-corrected chi connectivity index (χ2v) is 5.93. The molecule has 0 atom stereocenters. The van der Waals surface area contributed by atoms with Gasteiger partial charge in [-0.05, 0) is 51.6 Å². The number of carbonyl (C=O) groups excluding carboxylic acids is 1. The minimum Gasteiger partial charge on any atom is -0.333 e. The van der Waals surface area contributed by atoms with Gasteiger partial charge in [-0.3, -0.25) is 0 Å². The van der Waals surface area contributed by atoms with Gasteiger partial charge in [-0.1, -0.05) is 0 Å². The number of amides is 2. The number of rotatable bonds is 3. The number of urea groups is 1. The minimum absolute atomic E-state index is 0.297. The molecule has 0 aliphatic carbocycles. The van der Waals surface area contributed by atoms with E-state index >= 15 is 0 Å². The normalized spacial score (nSPS) is 11.2. The zero-order valence-corrected chi connectivity index (χ0v) is 12.9. The van der Waals surface area contributed by atoms with Gasteiger partial charge in [0.15, 0.2) is 0 Å². The number of anilines is 1. The Morgan fingerprint density at radius 1 is 1.19 bits per heavy atom. The Bertz CT molecular complexity index is 625. The Hall–Kier alpha value is -1.54. The van der Waals surface area contributed by atoms with E-state index in [1.807, 2.05) is 11.4 Å². The molecule has 0 radical (unpaired) electrons. The van der Waals surface area contributed by atoms with E-state index in [1.54, 1.807) is 0 Å². The van der Waals surface area contributed by atoms with Crippen LogP contribution in [0.2, 0.25) is 0 Å². The van der Waals surface area contributed by atoms with Crippen LogP contribution in [0, 0.1) is 0 Å². The molecular formula is C13H10BrF3N2OS. The average Bonchev–Trinajstić information content (AvgIpc) is 2.81. The van der Waals surface area contributed by atoms with Gasteiger partial charge in [0.1, 0.15) is 0 Å². The first-order chi connectivity index (χ1) is 9.86. The molecule has 8 heteroatoms. The molecule has 112 valence electrons. The molecule has 0 saturated carbocycles. The monoisotopic (exact) mass is 378 g/mol. The van der Waals surface area contributed by atoms with Crippen LogP contribution in [0.1, 0.15) is 10.4 Å². The van der Waals surface area contributed by atoms with E-state index < -0.39 is 17.8 Å². The lowest BCUT2D eigenvalue weighted by Gasteiger charge is -2.09. The van der Waals surface area contributed by atoms with Gasteiger partial charge in [0.25, 0.3) is 0 Å². The molecule has 0 aliphatic rings. The van der Waals surface area contributed by atoms with E-state index in [1.165, 1.54) is 23.5 Å². The molecule has 2 N–H and O–H groups in total. The van der Waals surface area contributed by atoms with Crippen molar-refractivity contribution in [2.75, 3.05) is 5.32 Å². The van der Waals surface area contributed by atoms with E-state index in [0.29, 0.717) is 12.2 Å². The summed E-state index contributed by atoms with van der Waals surface area (Å²) in [5, 5.41) is 6.99. The van der Waals surface area contributed by atoms with Gasteiger partial charge < -0.3 is 10.6 Å². The summed E-state index contributed by atoms with van der Waals surface area (Å²) < 4.78 is 38.1. The molecule has 2 aromatic rings. The summed E-state index contributed by atoms with van der Waals surface area (Å²) in [5.74, 6) is 0. The van der Waals surface area contributed by atoms with Crippen LogP contribution in [-0.4, -0.2) is 6.03 Å². The van der Waals surface area contributed by atoms with Gasteiger partial charge in [-0.25, -0.2) is 4.79 Å². The molecule has 2 rings (SSSR count). The summed E-state index contributed by atoms with van der Waals surface area (Å²) in [4.78, 5) is 12.6. The highest BCUT2D eigenvalue weighted by atomic mass is 79.9. The molecule has 0 aliphatic heterocycles. The Morgan fingerprint density at radius 2 is 1.86 bits per heavy atom.